The van der Waals surface area contributed by atoms with Gasteiger partial charge in [0.2, 0.25) is 0 Å². The molecule has 0 aliphatic heterocycles. The Morgan fingerprint density at radius 1 is 1.44 bits per heavy atom. The van der Waals surface area contributed by atoms with Crippen LogP contribution in [0.2, 0.25) is 0 Å². The van der Waals surface area contributed by atoms with Crippen LogP contribution in [0.5, 0.6) is 5.75 Å². The van der Waals surface area contributed by atoms with E-state index in [9.17, 15) is 9.59 Å². The molecular weight excluding hydrogens is 230 g/mol. The van der Waals surface area contributed by atoms with E-state index in [2.05, 4.69) is 12.2 Å². The normalized spacial score (nSPS) is 11.7. The summed E-state index contributed by atoms with van der Waals surface area (Å²) >= 11 is 0. The molecule has 0 heterocycles. The highest BCUT2D eigenvalue weighted by Crippen LogP contribution is 2.17. The first kappa shape index (κ1) is 14.2. The predicted octanol–water partition coefficient (Wildman–Crippen LogP) is 2.18. The van der Waals surface area contributed by atoms with E-state index in [4.69, 9.17) is 4.74 Å². The smallest absolute Gasteiger partial charge is 0.260 e. The SMILES string of the molecule is CCCCNC(=O)C(C)Oc1ccccc1C=O. The fourth-order valence-electron chi connectivity index (χ4n) is 1.46. The molecule has 1 N–H and O–H groups in total. The van der Waals surface area contributed by atoms with Crippen molar-refractivity contribution in [3.8, 4) is 5.75 Å². The number of para-hydroxylation sites is 1. The largest absolute Gasteiger partial charge is 0.480 e. The van der Waals surface area contributed by atoms with Crippen LogP contribution in [0.15, 0.2) is 24.3 Å². The van der Waals surface area contributed by atoms with E-state index in [1.807, 2.05) is 0 Å². The number of ether oxygens (including phenoxy) is 1. The molecule has 0 aliphatic rings. The van der Waals surface area contributed by atoms with Crippen molar-refractivity contribution in [2.75, 3.05) is 6.54 Å². The van der Waals surface area contributed by atoms with Crippen molar-refractivity contribution in [3.05, 3.63) is 29.8 Å². The number of amides is 1. The lowest BCUT2D eigenvalue weighted by Crippen LogP contribution is -2.36. The molecule has 1 amide bonds. The molecule has 1 unspecified atom stereocenters. The number of carbonyl (C=O) groups excluding carboxylic acids is 2. The lowest BCUT2D eigenvalue weighted by molar-refractivity contribution is -0.127. The summed E-state index contributed by atoms with van der Waals surface area (Å²) in [5, 5.41) is 2.79. The number of rotatable bonds is 7. The maximum Gasteiger partial charge on any atom is 0.260 e. The van der Waals surface area contributed by atoms with E-state index in [1.165, 1.54) is 0 Å². The van der Waals surface area contributed by atoms with Gasteiger partial charge >= 0.3 is 0 Å². The Morgan fingerprint density at radius 2 is 2.17 bits per heavy atom. The molecule has 0 saturated carbocycles. The molecule has 18 heavy (non-hydrogen) atoms. The van der Waals surface area contributed by atoms with Crippen molar-refractivity contribution in [1.82, 2.24) is 5.32 Å². The summed E-state index contributed by atoms with van der Waals surface area (Å²) in [6, 6.07) is 6.86. The first-order valence-corrected chi connectivity index (χ1v) is 6.17. The topological polar surface area (TPSA) is 55.4 Å². The van der Waals surface area contributed by atoms with E-state index in [0.29, 0.717) is 17.9 Å². The first-order valence-electron chi connectivity index (χ1n) is 6.17. The van der Waals surface area contributed by atoms with Crippen molar-refractivity contribution >= 4 is 12.2 Å². The number of hydrogen-bond acceptors (Lipinski definition) is 3. The number of unbranched alkanes of at least 4 members (excludes halogenated alkanes) is 1. The highest BCUT2D eigenvalue weighted by Gasteiger charge is 2.15. The molecule has 4 heteroatoms. The molecule has 0 spiro atoms. The number of carbonyl (C=O) groups is 2. The standard InChI is InChI=1S/C14H19NO3/c1-3-4-9-15-14(17)11(2)18-13-8-6-5-7-12(13)10-16/h5-8,10-11H,3-4,9H2,1-2H3,(H,15,17). The fraction of sp³-hybridized carbons (Fsp3) is 0.429. The molecule has 1 aromatic carbocycles. The van der Waals surface area contributed by atoms with E-state index in [0.717, 1.165) is 19.1 Å². The van der Waals surface area contributed by atoms with Gasteiger partial charge in [-0.1, -0.05) is 25.5 Å². The van der Waals surface area contributed by atoms with Gasteiger partial charge in [-0.05, 0) is 25.5 Å². The van der Waals surface area contributed by atoms with E-state index < -0.39 is 6.10 Å². The second-order valence-electron chi connectivity index (χ2n) is 4.06. The predicted molar refractivity (Wildman–Crippen MR) is 69.8 cm³/mol. The van der Waals surface area contributed by atoms with Crippen LogP contribution in [-0.4, -0.2) is 24.8 Å². The van der Waals surface area contributed by atoms with Gasteiger partial charge in [-0.15, -0.1) is 0 Å². The third-order valence-electron chi connectivity index (χ3n) is 2.55. The van der Waals surface area contributed by atoms with Crippen LogP contribution in [0.25, 0.3) is 0 Å². The highest BCUT2D eigenvalue weighted by atomic mass is 16.5. The summed E-state index contributed by atoms with van der Waals surface area (Å²) in [7, 11) is 0. The van der Waals surface area contributed by atoms with Crippen LogP contribution in [0.4, 0.5) is 0 Å². The number of benzene rings is 1. The molecule has 0 bridgehead atoms. The summed E-state index contributed by atoms with van der Waals surface area (Å²) in [6.07, 6.45) is 2.09. The van der Waals surface area contributed by atoms with Gasteiger partial charge in [-0.2, -0.15) is 0 Å². The zero-order valence-electron chi connectivity index (χ0n) is 10.8. The molecule has 1 aromatic rings. The average Bonchev–Trinajstić information content (AvgIpc) is 2.39. The summed E-state index contributed by atoms with van der Waals surface area (Å²) in [4.78, 5) is 22.5. The van der Waals surface area contributed by atoms with Gasteiger partial charge in [-0.25, -0.2) is 0 Å². The lowest BCUT2D eigenvalue weighted by Gasteiger charge is -2.15. The molecule has 1 atom stereocenters. The Morgan fingerprint density at radius 3 is 2.83 bits per heavy atom. The molecule has 0 saturated heterocycles. The quantitative estimate of drug-likeness (QED) is 0.595. The molecule has 0 fully saturated rings. The zero-order chi connectivity index (χ0) is 13.4. The van der Waals surface area contributed by atoms with Gasteiger partial charge in [-0.3, -0.25) is 9.59 Å². The molecular formula is C14H19NO3. The van der Waals surface area contributed by atoms with Crippen LogP contribution < -0.4 is 10.1 Å². The van der Waals surface area contributed by atoms with Crippen molar-refractivity contribution < 1.29 is 14.3 Å². The van der Waals surface area contributed by atoms with Crippen molar-refractivity contribution in [3.63, 3.8) is 0 Å². The van der Waals surface area contributed by atoms with Gasteiger partial charge in [0.15, 0.2) is 12.4 Å². The van der Waals surface area contributed by atoms with E-state index >= 15 is 0 Å². The number of hydrogen-bond donors (Lipinski definition) is 1. The summed E-state index contributed by atoms with van der Waals surface area (Å²) < 4.78 is 5.49. The Kier molecular flexibility index (Phi) is 5.91. The van der Waals surface area contributed by atoms with Crippen molar-refractivity contribution in [1.29, 1.82) is 0 Å². The van der Waals surface area contributed by atoms with Crippen LogP contribution in [0.1, 0.15) is 37.0 Å². The molecule has 1 rings (SSSR count). The van der Waals surface area contributed by atoms with Gasteiger partial charge < -0.3 is 10.1 Å². The van der Waals surface area contributed by atoms with Crippen molar-refractivity contribution in [2.45, 2.75) is 32.8 Å². The summed E-state index contributed by atoms with van der Waals surface area (Å²) in [6.45, 7) is 4.38. The third-order valence-corrected chi connectivity index (χ3v) is 2.55. The number of aldehydes is 1. The second-order valence-corrected chi connectivity index (χ2v) is 4.06. The molecule has 0 aliphatic carbocycles. The van der Waals surface area contributed by atoms with Crippen LogP contribution in [0.3, 0.4) is 0 Å². The minimum atomic E-state index is -0.608. The summed E-state index contributed by atoms with van der Waals surface area (Å²) in [5.74, 6) is 0.273. The second kappa shape index (κ2) is 7.48. The molecule has 98 valence electrons. The Labute approximate surface area is 107 Å². The van der Waals surface area contributed by atoms with E-state index in [-0.39, 0.29) is 5.91 Å². The van der Waals surface area contributed by atoms with Crippen molar-refractivity contribution in [2.24, 2.45) is 0 Å². The van der Waals surface area contributed by atoms with Crippen LogP contribution in [-0.2, 0) is 4.79 Å². The molecule has 0 aromatic heterocycles. The van der Waals surface area contributed by atoms with Crippen LogP contribution in [0, 0.1) is 0 Å². The molecule has 4 nitrogen and oxygen atoms in total. The zero-order valence-corrected chi connectivity index (χ0v) is 10.8. The Balaban J connectivity index is 2.55. The third kappa shape index (κ3) is 4.20. The summed E-state index contributed by atoms with van der Waals surface area (Å²) in [5.41, 5.74) is 0.450. The van der Waals surface area contributed by atoms with Gasteiger partial charge in [0, 0.05) is 6.54 Å². The Bertz CT molecular complexity index is 404. The number of nitrogens with one attached hydrogen (secondary N) is 1. The fourth-order valence-corrected chi connectivity index (χ4v) is 1.46. The van der Waals surface area contributed by atoms with Crippen LogP contribution >= 0.6 is 0 Å². The van der Waals surface area contributed by atoms with E-state index in [1.54, 1.807) is 31.2 Å². The monoisotopic (exact) mass is 249 g/mol. The van der Waals surface area contributed by atoms with Gasteiger partial charge in [0.05, 0.1) is 5.56 Å². The first-order chi connectivity index (χ1) is 8.69. The minimum Gasteiger partial charge on any atom is -0.480 e. The maximum absolute atomic E-state index is 11.7. The minimum absolute atomic E-state index is 0.163. The maximum atomic E-state index is 11.7. The Hall–Kier alpha value is -1.84. The lowest BCUT2D eigenvalue weighted by atomic mass is 10.2. The van der Waals surface area contributed by atoms with Gasteiger partial charge in [0.25, 0.3) is 5.91 Å². The van der Waals surface area contributed by atoms with Gasteiger partial charge in [0.1, 0.15) is 5.75 Å². The highest BCUT2D eigenvalue weighted by molar-refractivity contribution is 5.82. The average molecular weight is 249 g/mol. The molecule has 0 radical (unpaired) electrons.